The van der Waals surface area contributed by atoms with Gasteiger partial charge in [0, 0.05) is 17.8 Å². The van der Waals surface area contributed by atoms with Crippen LogP contribution < -0.4 is 4.74 Å². The zero-order valence-corrected chi connectivity index (χ0v) is 11.2. The maximum absolute atomic E-state index is 9.41. The van der Waals surface area contributed by atoms with Gasteiger partial charge in [-0.2, -0.15) is 10.2 Å². The van der Waals surface area contributed by atoms with Crippen molar-refractivity contribution < 1.29 is 9.26 Å². The molecule has 0 saturated heterocycles. The van der Waals surface area contributed by atoms with Crippen molar-refractivity contribution in [3.8, 4) is 23.3 Å². The van der Waals surface area contributed by atoms with Crippen LogP contribution in [0.4, 0.5) is 0 Å². The normalized spacial score (nSPS) is 16.8. The van der Waals surface area contributed by atoms with E-state index in [0.29, 0.717) is 17.6 Å². The quantitative estimate of drug-likeness (QED) is 0.851. The van der Waals surface area contributed by atoms with Gasteiger partial charge in [-0.15, -0.1) is 0 Å². The van der Waals surface area contributed by atoms with E-state index >= 15 is 0 Å². The molecule has 1 saturated carbocycles. The second kappa shape index (κ2) is 4.93. The number of hydrogen-bond donors (Lipinski definition) is 0. The molecule has 0 bridgehead atoms. The number of rotatable bonds is 3. The molecule has 2 aromatic heterocycles. The predicted molar refractivity (Wildman–Crippen MR) is 69.8 cm³/mol. The lowest BCUT2D eigenvalue weighted by molar-refractivity contribution is 0.321. The molecule has 0 N–H and O–H groups in total. The Morgan fingerprint density at radius 2 is 2.15 bits per heavy atom. The monoisotopic (exact) mass is 270 g/mol. The summed E-state index contributed by atoms with van der Waals surface area (Å²) >= 11 is 0. The summed E-state index contributed by atoms with van der Waals surface area (Å²) in [7, 11) is 1.56. The molecular weight excluding hydrogens is 256 g/mol. The van der Waals surface area contributed by atoms with Crippen molar-refractivity contribution in [1.82, 2.24) is 15.1 Å². The van der Waals surface area contributed by atoms with E-state index in [1.807, 2.05) is 6.07 Å². The first kappa shape index (κ1) is 12.6. The minimum atomic E-state index is -0.606. The second-order valence-corrected chi connectivity index (χ2v) is 4.91. The number of methoxy groups -OCH3 is 1. The van der Waals surface area contributed by atoms with Gasteiger partial charge in [-0.25, -0.2) is 4.98 Å². The third kappa shape index (κ3) is 2.01. The summed E-state index contributed by atoms with van der Waals surface area (Å²) in [5, 5.41) is 13.4. The Hall–Kier alpha value is -2.42. The maximum atomic E-state index is 9.41. The van der Waals surface area contributed by atoms with Gasteiger partial charge in [-0.1, -0.05) is 18.0 Å². The first-order chi connectivity index (χ1) is 9.77. The molecule has 1 aliphatic rings. The average Bonchev–Trinajstić information content (AvgIpc) is 3.17. The Bertz CT molecular complexity index is 636. The van der Waals surface area contributed by atoms with E-state index in [1.165, 1.54) is 0 Å². The molecule has 0 radical (unpaired) electrons. The minimum absolute atomic E-state index is 0.420. The van der Waals surface area contributed by atoms with Gasteiger partial charge < -0.3 is 9.26 Å². The Kier molecular flexibility index (Phi) is 3.11. The molecule has 0 amide bonds. The smallest absolute Gasteiger partial charge is 0.247 e. The molecule has 2 aromatic rings. The number of ether oxygens (including phenoxy) is 1. The summed E-state index contributed by atoms with van der Waals surface area (Å²) in [6, 6.07) is 5.90. The van der Waals surface area contributed by atoms with Crippen LogP contribution in [0.2, 0.25) is 0 Å². The topological polar surface area (TPSA) is 84.8 Å². The standard InChI is InChI=1S/C14H14N4O2/c1-19-11-5-4-10(8-16-11)12-17-13(20-18-12)14(9-15)6-2-3-7-14/h4-5,8H,2-3,6-7H2,1H3. The van der Waals surface area contributed by atoms with Crippen LogP contribution in [0.1, 0.15) is 31.6 Å². The SMILES string of the molecule is COc1ccc(-c2noc(C3(C#N)CCCC3)n2)cn1. The zero-order chi connectivity index (χ0) is 14.0. The van der Waals surface area contributed by atoms with Crippen molar-refractivity contribution in [2.45, 2.75) is 31.1 Å². The molecular formula is C14H14N4O2. The van der Waals surface area contributed by atoms with Crippen LogP contribution in [0, 0.1) is 11.3 Å². The number of pyridine rings is 1. The summed E-state index contributed by atoms with van der Waals surface area (Å²) in [6.07, 6.45) is 5.24. The fraction of sp³-hybridized carbons (Fsp3) is 0.429. The van der Waals surface area contributed by atoms with Gasteiger partial charge in [0.1, 0.15) is 5.41 Å². The molecule has 3 rings (SSSR count). The molecule has 1 fully saturated rings. The Balaban J connectivity index is 1.91. The molecule has 20 heavy (non-hydrogen) atoms. The first-order valence-electron chi connectivity index (χ1n) is 6.53. The fourth-order valence-electron chi connectivity index (χ4n) is 2.52. The Labute approximate surface area is 116 Å². The van der Waals surface area contributed by atoms with E-state index in [1.54, 1.807) is 19.4 Å². The first-order valence-corrected chi connectivity index (χ1v) is 6.53. The van der Waals surface area contributed by atoms with E-state index in [-0.39, 0.29) is 0 Å². The van der Waals surface area contributed by atoms with Crippen LogP contribution in [0.5, 0.6) is 5.88 Å². The van der Waals surface area contributed by atoms with Crippen LogP contribution in [0.25, 0.3) is 11.4 Å². The van der Waals surface area contributed by atoms with E-state index in [2.05, 4.69) is 21.2 Å². The van der Waals surface area contributed by atoms with E-state index in [9.17, 15) is 5.26 Å². The molecule has 6 heteroatoms. The number of nitrogens with zero attached hydrogens (tertiary/aromatic N) is 4. The summed E-state index contributed by atoms with van der Waals surface area (Å²) in [6.45, 7) is 0. The number of nitriles is 1. The Morgan fingerprint density at radius 1 is 1.35 bits per heavy atom. The summed E-state index contributed by atoms with van der Waals surface area (Å²) in [4.78, 5) is 8.49. The van der Waals surface area contributed by atoms with E-state index < -0.39 is 5.41 Å². The van der Waals surface area contributed by atoms with Crippen molar-refractivity contribution in [2.24, 2.45) is 0 Å². The molecule has 0 aliphatic heterocycles. The maximum Gasteiger partial charge on any atom is 0.247 e. The molecule has 0 aromatic carbocycles. The van der Waals surface area contributed by atoms with Gasteiger partial charge in [-0.05, 0) is 18.9 Å². The van der Waals surface area contributed by atoms with Gasteiger partial charge in [0.2, 0.25) is 17.6 Å². The molecule has 0 atom stereocenters. The van der Waals surface area contributed by atoms with Crippen LogP contribution in [0.15, 0.2) is 22.9 Å². The van der Waals surface area contributed by atoms with Crippen LogP contribution in [0.3, 0.4) is 0 Å². The third-order valence-corrected chi connectivity index (χ3v) is 3.71. The lowest BCUT2D eigenvalue weighted by atomic mass is 9.88. The van der Waals surface area contributed by atoms with Crippen LogP contribution >= 0.6 is 0 Å². The summed E-state index contributed by atoms with van der Waals surface area (Å²) in [5.41, 5.74) is 0.136. The highest BCUT2D eigenvalue weighted by molar-refractivity contribution is 5.53. The minimum Gasteiger partial charge on any atom is -0.481 e. The molecule has 6 nitrogen and oxygen atoms in total. The van der Waals surface area contributed by atoms with Gasteiger partial charge in [0.05, 0.1) is 13.2 Å². The summed E-state index contributed by atoms with van der Waals surface area (Å²) < 4.78 is 10.3. The number of aromatic nitrogens is 3. The highest BCUT2D eigenvalue weighted by atomic mass is 16.5. The molecule has 102 valence electrons. The molecule has 0 spiro atoms. The number of hydrogen-bond acceptors (Lipinski definition) is 6. The van der Waals surface area contributed by atoms with Crippen molar-refractivity contribution in [3.05, 3.63) is 24.2 Å². The largest absolute Gasteiger partial charge is 0.481 e. The summed E-state index contributed by atoms with van der Waals surface area (Å²) in [5.74, 6) is 1.40. The fourth-order valence-corrected chi connectivity index (χ4v) is 2.52. The van der Waals surface area contributed by atoms with E-state index in [0.717, 1.165) is 31.2 Å². The van der Waals surface area contributed by atoms with Crippen molar-refractivity contribution >= 4 is 0 Å². The van der Waals surface area contributed by atoms with Gasteiger partial charge in [0.15, 0.2) is 0 Å². The molecule has 1 aliphatic carbocycles. The van der Waals surface area contributed by atoms with E-state index in [4.69, 9.17) is 9.26 Å². The van der Waals surface area contributed by atoms with Gasteiger partial charge >= 0.3 is 0 Å². The van der Waals surface area contributed by atoms with Gasteiger partial charge in [-0.3, -0.25) is 0 Å². The second-order valence-electron chi connectivity index (χ2n) is 4.91. The lowest BCUT2D eigenvalue weighted by Crippen LogP contribution is -2.19. The predicted octanol–water partition coefficient (Wildman–Crippen LogP) is 2.48. The highest BCUT2D eigenvalue weighted by Crippen LogP contribution is 2.40. The Morgan fingerprint density at radius 3 is 2.75 bits per heavy atom. The van der Waals surface area contributed by atoms with Crippen molar-refractivity contribution in [1.29, 1.82) is 5.26 Å². The van der Waals surface area contributed by atoms with Crippen molar-refractivity contribution in [2.75, 3.05) is 7.11 Å². The average molecular weight is 270 g/mol. The van der Waals surface area contributed by atoms with Crippen molar-refractivity contribution in [3.63, 3.8) is 0 Å². The van der Waals surface area contributed by atoms with Crippen LogP contribution in [-0.4, -0.2) is 22.2 Å². The van der Waals surface area contributed by atoms with Crippen LogP contribution in [-0.2, 0) is 5.41 Å². The molecule has 2 heterocycles. The zero-order valence-electron chi connectivity index (χ0n) is 11.2. The third-order valence-electron chi connectivity index (χ3n) is 3.71. The molecule has 0 unspecified atom stereocenters. The van der Waals surface area contributed by atoms with Gasteiger partial charge in [0.25, 0.3) is 0 Å². The lowest BCUT2D eigenvalue weighted by Gasteiger charge is -2.13. The highest BCUT2D eigenvalue weighted by Gasteiger charge is 2.41.